The van der Waals surface area contributed by atoms with Gasteiger partial charge in [-0.3, -0.25) is 9.59 Å². The van der Waals surface area contributed by atoms with Crippen molar-refractivity contribution in [3.63, 3.8) is 0 Å². The average Bonchev–Trinajstić information content (AvgIpc) is 3.25. The number of carbonyl (C=O) groups excluding carboxylic acids is 2. The van der Waals surface area contributed by atoms with E-state index in [0.29, 0.717) is 31.0 Å². The summed E-state index contributed by atoms with van der Waals surface area (Å²) in [4.78, 5) is 28.1. The van der Waals surface area contributed by atoms with Gasteiger partial charge in [-0.15, -0.1) is 0 Å². The van der Waals surface area contributed by atoms with E-state index in [1.807, 2.05) is 11.0 Å². The van der Waals surface area contributed by atoms with E-state index in [0.717, 1.165) is 38.5 Å². The number of benzene rings is 2. The van der Waals surface area contributed by atoms with E-state index < -0.39 is 12.2 Å². The van der Waals surface area contributed by atoms with Crippen molar-refractivity contribution in [2.24, 2.45) is 5.41 Å². The number of aliphatic hydroxyl groups is 1. The van der Waals surface area contributed by atoms with Crippen LogP contribution in [0, 0.1) is 5.41 Å². The standard InChI is InChI=1S/C29H34N2O5/c32-22-8-4-5-20(15-22)23(33)16-30-25(34)24-9-10-29(36-24)11-13-31(14-12-29)26(35)28-17-27(18-28,19-28)21-6-2-1-3-7-21/h1-8,15,23-24,32-33H,9-14,16-19H2,(H,30,34). The predicted molar refractivity (Wildman–Crippen MR) is 133 cm³/mol. The zero-order chi connectivity index (χ0) is 25.0. The molecule has 2 aromatic carbocycles. The molecule has 7 nitrogen and oxygen atoms in total. The van der Waals surface area contributed by atoms with E-state index in [9.17, 15) is 19.8 Å². The van der Waals surface area contributed by atoms with E-state index in [1.54, 1.807) is 12.1 Å². The molecule has 0 aromatic heterocycles. The molecule has 2 aromatic rings. The van der Waals surface area contributed by atoms with Crippen LogP contribution in [-0.4, -0.2) is 58.3 Å². The van der Waals surface area contributed by atoms with Crippen LogP contribution in [0.15, 0.2) is 54.6 Å². The Morgan fingerprint density at radius 1 is 1.03 bits per heavy atom. The van der Waals surface area contributed by atoms with Gasteiger partial charge in [0.25, 0.3) is 0 Å². The van der Waals surface area contributed by atoms with Gasteiger partial charge in [0.05, 0.1) is 17.1 Å². The van der Waals surface area contributed by atoms with Crippen molar-refractivity contribution in [2.45, 2.75) is 68.2 Å². The van der Waals surface area contributed by atoms with Crippen LogP contribution in [0.4, 0.5) is 0 Å². The van der Waals surface area contributed by atoms with Crippen molar-refractivity contribution < 1.29 is 24.5 Å². The number of aromatic hydroxyl groups is 1. The highest BCUT2D eigenvalue weighted by molar-refractivity contribution is 5.88. The quantitative estimate of drug-likeness (QED) is 0.578. The van der Waals surface area contributed by atoms with Crippen LogP contribution in [0.3, 0.4) is 0 Å². The monoisotopic (exact) mass is 490 g/mol. The van der Waals surface area contributed by atoms with Crippen molar-refractivity contribution in [3.05, 3.63) is 65.7 Å². The Hall–Kier alpha value is -2.90. The Morgan fingerprint density at radius 3 is 2.44 bits per heavy atom. The van der Waals surface area contributed by atoms with Gasteiger partial charge >= 0.3 is 0 Å². The number of hydrogen-bond acceptors (Lipinski definition) is 5. The summed E-state index contributed by atoms with van der Waals surface area (Å²) in [6.45, 7) is 1.43. The molecule has 2 aliphatic heterocycles. The lowest BCUT2D eigenvalue weighted by Gasteiger charge is -2.70. The summed E-state index contributed by atoms with van der Waals surface area (Å²) in [5.74, 6) is 0.168. The third kappa shape index (κ3) is 3.89. The van der Waals surface area contributed by atoms with Gasteiger partial charge in [-0.05, 0) is 73.6 Å². The van der Waals surface area contributed by atoms with Crippen molar-refractivity contribution >= 4 is 11.8 Å². The van der Waals surface area contributed by atoms with Gasteiger partial charge in [-0.1, -0.05) is 42.5 Å². The second-order valence-electron chi connectivity index (χ2n) is 11.4. The summed E-state index contributed by atoms with van der Waals surface area (Å²) in [6, 6.07) is 17.0. The van der Waals surface area contributed by atoms with Crippen LogP contribution in [-0.2, 0) is 19.7 Å². The number of phenols is 1. The third-order valence-electron chi connectivity index (χ3n) is 9.10. The molecule has 7 heteroatoms. The zero-order valence-corrected chi connectivity index (χ0v) is 20.5. The van der Waals surface area contributed by atoms with E-state index >= 15 is 0 Å². The minimum absolute atomic E-state index is 0.0595. The first kappa shape index (κ1) is 23.5. The number of rotatable bonds is 6. The lowest BCUT2D eigenvalue weighted by Crippen LogP contribution is -2.71. The number of nitrogens with one attached hydrogen (secondary N) is 1. The van der Waals surface area contributed by atoms with Crippen LogP contribution >= 0.6 is 0 Å². The van der Waals surface area contributed by atoms with Crippen molar-refractivity contribution in [1.82, 2.24) is 10.2 Å². The smallest absolute Gasteiger partial charge is 0.249 e. The Morgan fingerprint density at radius 2 is 1.75 bits per heavy atom. The number of carbonyl (C=O) groups is 2. The predicted octanol–water partition coefficient (Wildman–Crippen LogP) is 3.20. The molecule has 2 amide bonds. The van der Waals surface area contributed by atoms with Crippen LogP contribution < -0.4 is 5.32 Å². The molecule has 3 aliphatic carbocycles. The molecule has 2 unspecified atom stereocenters. The van der Waals surface area contributed by atoms with Gasteiger partial charge in [0.2, 0.25) is 11.8 Å². The summed E-state index contributed by atoms with van der Waals surface area (Å²) in [6.07, 6.45) is 4.45. The molecular weight excluding hydrogens is 456 g/mol. The van der Waals surface area contributed by atoms with Crippen LogP contribution in [0.1, 0.15) is 62.2 Å². The number of aliphatic hydroxyl groups excluding tert-OH is 1. The van der Waals surface area contributed by atoms with E-state index in [1.165, 1.54) is 17.7 Å². The molecule has 0 radical (unpaired) electrons. The number of nitrogens with zero attached hydrogens (tertiary/aromatic N) is 1. The summed E-state index contributed by atoms with van der Waals surface area (Å²) in [5.41, 5.74) is 1.64. The second kappa shape index (κ2) is 8.60. The molecule has 190 valence electrons. The summed E-state index contributed by atoms with van der Waals surface area (Å²) in [7, 11) is 0. The average molecular weight is 491 g/mol. The lowest BCUT2D eigenvalue weighted by atomic mass is 9.33. The molecule has 3 N–H and O–H groups in total. The van der Waals surface area contributed by atoms with Crippen LogP contribution in [0.5, 0.6) is 5.75 Å². The Balaban J connectivity index is 0.975. The molecule has 2 heterocycles. The van der Waals surface area contributed by atoms with Crippen molar-refractivity contribution in [1.29, 1.82) is 0 Å². The maximum atomic E-state index is 13.4. The lowest BCUT2D eigenvalue weighted by molar-refractivity contribution is -0.191. The number of hydrogen-bond donors (Lipinski definition) is 3. The molecule has 2 atom stereocenters. The van der Waals surface area contributed by atoms with Gasteiger partial charge in [-0.2, -0.15) is 0 Å². The van der Waals surface area contributed by atoms with Gasteiger partial charge in [0.15, 0.2) is 0 Å². The normalized spacial score (nSPS) is 30.8. The number of likely N-dealkylation sites (tertiary alicyclic amines) is 1. The number of ether oxygens (including phenoxy) is 1. The van der Waals surface area contributed by atoms with E-state index in [4.69, 9.17) is 4.74 Å². The molecule has 36 heavy (non-hydrogen) atoms. The first-order valence-electron chi connectivity index (χ1n) is 13.1. The SMILES string of the molecule is O=C(NCC(O)c1cccc(O)c1)C1CCC2(CCN(C(=O)C34CC(c5ccccc5)(C3)C4)CC2)O1. The van der Waals surface area contributed by atoms with Crippen LogP contribution in [0.2, 0.25) is 0 Å². The number of phenolic OH excluding ortho intramolecular Hbond substituents is 1. The largest absolute Gasteiger partial charge is 0.508 e. The van der Waals surface area contributed by atoms with E-state index in [2.05, 4.69) is 29.6 Å². The molecule has 1 spiro atoms. The highest BCUT2D eigenvalue weighted by atomic mass is 16.5. The molecule has 2 saturated heterocycles. The van der Waals surface area contributed by atoms with Gasteiger partial charge < -0.3 is 25.2 Å². The number of amides is 2. The first-order valence-corrected chi connectivity index (χ1v) is 13.1. The minimum atomic E-state index is -0.899. The summed E-state index contributed by atoms with van der Waals surface area (Å²) in [5, 5.41) is 22.7. The summed E-state index contributed by atoms with van der Waals surface area (Å²) >= 11 is 0. The molecule has 7 rings (SSSR count). The summed E-state index contributed by atoms with van der Waals surface area (Å²) < 4.78 is 6.27. The first-order chi connectivity index (χ1) is 17.3. The second-order valence-corrected chi connectivity index (χ2v) is 11.4. The van der Waals surface area contributed by atoms with Crippen molar-refractivity contribution in [3.8, 4) is 5.75 Å². The topological polar surface area (TPSA) is 99.1 Å². The van der Waals surface area contributed by atoms with Gasteiger partial charge in [0, 0.05) is 19.6 Å². The molecule has 5 aliphatic rings. The molecule has 2 bridgehead atoms. The van der Waals surface area contributed by atoms with Crippen molar-refractivity contribution in [2.75, 3.05) is 19.6 Å². The Bertz CT molecular complexity index is 1140. The zero-order valence-electron chi connectivity index (χ0n) is 20.5. The molecule has 5 fully saturated rings. The fourth-order valence-electron chi connectivity index (χ4n) is 7.09. The van der Waals surface area contributed by atoms with Gasteiger partial charge in [0.1, 0.15) is 11.9 Å². The van der Waals surface area contributed by atoms with Gasteiger partial charge in [-0.25, -0.2) is 0 Å². The molecular formula is C29H34N2O5. The fourth-order valence-corrected chi connectivity index (χ4v) is 7.09. The minimum Gasteiger partial charge on any atom is -0.508 e. The Labute approximate surface area is 211 Å². The van der Waals surface area contributed by atoms with Crippen LogP contribution in [0.25, 0.3) is 0 Å². The highest BCUT2D eigenvalue weighted by Crippen LogP contribution is 2.74. The highest BCUT2D eigenvalue weighted by Gasteiger charge is 2.72. The fraction of sp³-hybridized carbons (Fsp3) is 0.517. The Kier molecular flexibility index (Phi) is 5.61. The third-order valence-corrected chi connectivity index (χ3v) is 9.10. The maximum absolute atomic E-state index is 13.4. The van der Waals surface area contributed by atoms with E-state index in [-0.39, 0.29) is 34.6 Å². The maximum Gasteiger partial charge on any atom is 0.249 e. The molecule has 3 saturated carbocycles. The number of piperidine rings is 1.